The molecule has 34 heavy (non-hydrogen) atoms. The van der Waals surface area contributed by atoms with Crippen molar-refractivity contribution in [3.8, 4) is 17.2 Å². The number of rotatable bonds is 6. The third kappa shape index (κ3) is 3.81. The molecule has 0 amide bonds. The Morgan fingerprint density at radius 1 is 0.971 bits per heavy atom. The van der Waals surface area contributed by atoms with E-state index in [4.69, 9.17) is 14.2 Å². The van der Waals surface area contributed by atoms with Gasteiger partial charge in [-0.3, -0.25) is 9.59 Å². The number of aromatic nitrogens is 1. The van der Waals surface area contributed by atoms with Crippen molar-refractivity contribution < 1.29 is 23.8 Å². The Morgan fingerprint density at radius 3 is 2.29 bits per heavy atom. The fraction of sp³-hybridized carbons (Fsp3) is 0.571. The van der Waals surface area contributed by atoms with E-state index >= 15 is 0 Å². The summed E-state index contributed by atoms with van der Waals surface area (Å²) < 4.78 is 18.9. The topological polar surface area (TPSA) is 66.8 Å². The number of ketones is 1. The van der Waals surface area contributed by atoms with Gasteiger partial charge < -0.3 is 18.8 Å². The van der Waals surface area contributed by atoms with Crippen LogP contribution in [0.5, 0.6) is 11.5 Å². The first-order valence-corrected chi connectivity index (χ1v) is 12.7. The molecule has 0 N–H and O–H groups in total. The van der Waals surface area contributed by atoms with Crippen LogP contribution in [0, 0.1) is 37.0 Å². The monoisotopic (exact) mass is 463 g/mol. The quantitative estimate of drug-likeness (QED) is 0.435. The summed E-state index contributed by atoms with van der Waals surface area (Å²) in [6.45, 7) is 4.77. The summed E-state index contributed by atoms with van der Waals surface area (Å²) in [7, 11) is 0. The molecule has 0 atom stereocenters. The minimum absolute atomic E-state index is 0.128. The number of fused-ring (bicyclic) bond motifs is 1. The van der Waals surface area contributed by atoms with Crippen LogP contribution in [0.4, 0.5) is 0 Å². The van der Waals surface area contributed by atoms with Gasteiger partial charge in [0.05, 0.1) is 6.42 Å². The zero-order valence-electron chi connectivity index (χ0n) is 20.1. The largest absolute Gasteiger partial charge is 0.486 e. The molecule has 1 aromatic carbocycles. The van der Waals surface area contributed by atoms with Gasteiger partial charge in [0.1, 0.15) is 13.2 Å². The minimum atomic E-state index is -0.212. The Balaban J connectivity index is 1.13. The lowest BCUT2D eigenvalue weighted by atomic mass is 9.49. The third-order valence-corrected chi connectivity index (χ3v) is 8.56. The summed E-state index contributed by atoms with van der Waals surface area (Å²) in [5.41, 5.74) is 3.41. The summed E-state index contributed by atoms with van der Waals surface area (Å²) >= 11 is 0. The van der Waals surface area contributed by atoms with Crippen molar-refractivity contribution >= 4 is 11.8 Å². The molecule has 1 aliphatic heterocycles. The summed E-state index contributed by atoms with van der Waals surface area (Å²) in [5.74, 6) is 3.47. The second-order valence-electron chi connectivity index (χ2n) is 11.1. The molecule has 4 bridgehead atoms. The van der Waals surface area contributed by atoms with Crippen LogP contribution < -0.4 is 9.47 Å². The minimum Gasteiger partial charge on any atom is -0.486 e. The second-order valence-corrected chi connectivity index (χ2v) is 11.1. The molecule has 6 nitrogen and oxygen atoms in total. The highest BCUT2D eigenvalue weighted by atomic mass is 16.6. The van der Waals surface area contributed by atoms with Crippen molar-refractivity contribution in [3.63, 3.8) is 0 Å². The van der Waals surface area contributed by atoms with Crippen LogP contribution in [0.15, 0.2) is 24.3 Å². The Bertz CT molecular complexity index is 1110. The highest BCUT2D eigenvalue weighted by Gasteiger charge is 2.51. The van der Waals surface area contributed by atoms with Gasteiger partial charge >= 0.3 is 5.97 Å². The van der Waals surface area contributed by atoms with Crippen LogP contribution in [-0.4, -0.2) is 36.1 Å². The van der Waals surface area contributed by atoms with E-state index in [-0.39, 0.29) is 23.8 Å². The molecule has 5 aliphatic rings. The van der Waals surface area contributed by atoms with Crippen LogP contribution in [0.3, 0.4) is 0 Å². The number of aryl methyl sites for hydroxylation is 1. The maximum Gasteiger partial charge on any atom is 0.306 e. The first-order valence-electron chi connectivity index (χ1n) is 12.7. The average molecular weight is 464 g/mol. The number of benzene rings is 1. The molecule has 4 aliphatic carbocycles. The molecule has 0 radical (unpaired) electrons. The average Bonchev–Trinajstić information content (AvgIpc) is 3.09. The first-order chi connectivity index (χ1) is 16.4. The Labute approximate surface area is 200 Å². The number of ether oxygens (including phenoxy) is 3. The van der Waals surface area contributed by atoms with Crippen molar-refractivity contribution in [3.05, 3.63) is 41.2 Å². The van der Waals surface area contributed by atoms with Gasteiger partial charge in [0, 0.05) is 28.7 Å². The molecular formula is C28H33NO5. The number of esters is 1. The van der Waals surface area contributed by atoms with Crippen LogP contribution in [0.2, 0.25) is 0 Å². The normalized spacial score (nSPS) is 28.7. The summed E-state index contributed by atoms with van der Waals surface area (Å²) in [5, 5.41) is 0. The van der Waals surface area contributed by atoms with Gasteiger partial charge in [-0.2, -0.15) is 0 Å². The number of hydrogen-bond acceptors (Lipinski definition) is 5. The SMILES string of the molecule is Cc1cc(C(=O)COC(=O)CC23CC4CC(CC(C4)C2)C3)c(C)n1-c1ccc2c(c1)OCCO2. The predicted octanol–water partition coefficient (Wildman–Crippen LogP) is 5.20. The zero-order chi connectivity index (χ0) is 23.4. The van der Waals surface area contributed by atoms with Crippen LogP contribution in [0.25, 0.3) is 5.69 Å². The van der Waals surface area contributed by atoms with E-state index in [9.17, 15) is 9.59 Å². The highest BCUT2D eigenvalue weighted by molar-refractivity contribution is 5.99. The summed E-state index contributed by atoms with van der Waals surface area (Å²) in [4.78, 5) is 25.8. The van der Waals surface area contributed by atoms with Crippen LogP contribution >= 0.6 is 0 Å². The maximum atomic E-state index is 13.0. The number of carbonyl (C=O) groups is 2. The lowest BCUT2D eigenvalue weighted by Gasteiger charge is -2.56. The molecule has 4 fully saturated rings. The van der Waals surface area contributed by atoms with Crippen molar-refractivity contribution in [2.45, 2.75) is 58.8 Å². The Kier molecular flexibility index (Phi) is 5.23. The molecule has 7 rings (SSSR count). The molecule has 6 heteroatoms. The molecule has 0 spiro atoms. The fourth-order valence-corrected chi connectivity index (χ4v) is 7.70. The standard InChI is InChI=1S/C28H33NO5/c1-17-7-23(18(2)29(17)22-3-4-25-26(11-22)33-6-5-32-25)24(30)16-34-27(31)15-28-12-19-8-20(13-28)10-21(9-19)14-28/h3-4,7,11,19-21H,5-6,8-10,12-16H2,1-2H3. The zero-order valence-corrected chi connectivity index (χ0v) is 20.1. The van der Waals surface area contributed by atoms with E-state index in [1.54, 1.807) is 0 Å². The van der Waals surface area contributed by atoms with E-state index in [1.165, 1.54) is 38.5 Å². The van der Waals surface area contributed by atoms with E-state index < -0.39 is 0 Å². The molecule has 4 saturated carbocycles. The Morgan fingerprint density at radius 2 is 1.62 bits per heavy atom. The van der Waals surface area contributed by atoms with Crippen molar-refractivity contribution in [1.82, 2.24) is 4.57 Å². The number of hydrogen-bond donors (Lipinski definition) is 0. The Hall–Kier alpha value is -2.76. The number of Topliss-reactive ketones (excluding diaryl/α,β-unsaturated/α-hetero) is 1. The van der Waals surface area contributed by atoms with Crippen molar-refractivity contribution in [2.75, 3.05) is 19.8 Å². The van der Waals surface area contributed by atoms with E-state index in [2.05, 4.69) is 0 Å². The van der Waals surface area contributed by atoms with Gasteiger partial charge in [-0.1, -0.05) is 0 Å². The van der Waals surface area contributed by atoms with Crippen molar-refractivity contribution in [2.24, 2.45) is 23.2 Å². The van der Waals surface area contributed by atoms with Gasteiger partial charge in [0.25, 0.3) is 0 Å². The van der Waals surface area contributed by atoms with Gasteiger partial charge in [0.2, 0.25) is 5.78 Å². The van der Waals surface area contributed by atoms with E-state index in [0.717, 1.165) is 40.6 Å². The highest BCUT2D eigenvalue weighted by Crippen LogP contribution is 2.61. The predicted molar refractivity (Wildman–Crippen MR) is 127 cm³/mol. The van der Waals surface area contributed by atoms with Gasteiger partial charge in [-0.25, -0.2) is 0 Å². The third-order valence-electron chi connectivity index (χ3n) is 8.56. The molecular weight excluding hydrogens is 430 g/mol. The molecule has 0 saturated heterocycles. The second kappa shape index (κ2) is 8.17. The lowest BCUT2D eigenvalue weighted by Crippen LogP contribution is -2.47. The summed E-state index contributed by atoms with van der Waals surface area (Å²) in [6, 6.07) is 7.68. The lowest BCUT2D eigenvalue weighted by molar-refractivity contribution is -0.150. The van der Waals surface area contributed by atoms with E-state index in [0.29, 0.717) is 30.9 Å². The van der Waals surface area contributed by atoms with Gasteiger partial charge in [0.15, 0.2) is 18.1 Å². The van der Waals surface area contributed by atoms with E-state index in [1.807, 2.05) is 42.7 Å². The number of nitrogens with zero attached hydrogens (tertiary/aromatic N) is 1. The molecule has 0 unspecified atom stereocenters. The van der Waals surface area contributed by atoms with Gasteiger partial charge in [-0.15, -0.1) is 0 Å². The fourth-order valence-electron chi connectivity index (χ4n) is 7.70. The molecule has 2 heterocycles. The maximum absolute atomic E-state index is 13.0. The van der Waals surface area contributed by atoms with Crippen LogP contribution in [-0.2, 0) is 9.53 Å². The molecule has 180 valence electrons. The van der Waals surface area contributed by atoms with Crippen molar-refractivity contribution in [1.29, 1.82) is 0 Å². The molecule has 1 aromatic heterocycles. The van der Waals surface area contributed by atoms with Crippen LogP contribution in [0.1, 0.15) is 66.7 Å². The number of carbonyl (C=O) groups excluding carboxylic acids is 2. The first kappa shape index (κ1) is 21.8. The smallest absolute Gasteiger partial charge is 0.306 e. The van der Waals surface area contributed by atoms with Gasteiger partial charge in [-0.05, 0) is 93.7 Å². The molecule has 2 aromatic rings. The summed E-state index contributed by atoms with van der Waals surface area (Å²) in [6.07, 6.45) is 8.03.